The Hall–Kier alpha value is -0.980. The quantitative estimate of drug-likeness (QED) is 0.543. The molecule has 0 radical (unpaired) electrons. The van der Waals surface area contributed by atoms with Crippen LogP contribution in [0.25, 0.3) is 6.08 Å². The largest absolute Gasteiger partial charge is 0.465 e. The molecule has 1 heterocycles. The number of rotatable bonds is 8. The Balaban J connectivity index is 1.93. The number of hydrogen-bond donors (Lipinski definition) is 0. The molecule has 15 heavy (non-hydrogen) atoms. The molecule has 0 amide bonds. The topological polar surface area (TPSA) is 13.1 Å². The van der Waals surface area contributed by atoms with Crippen molar-refractivity contribution < 1.29 is 4.42 Å². The summed E-state index contributed by atoms with van der Waals surface area (Å²) in [5.41, 5.74) is 0. The molecular weight excluding hydrogens is 184 g/mol. The van der Waals surface area contributed by atoms with Crippen molar-refractivity contribution in [3.8, 4) is 0 Å². The Morgan fingerprint density at radius 2 is 1.93 bits per heavy atom. The van der Waals surface area contributed by atoms with Crippen molar-refractivity contribution in [2.45, 2.75) is 51.9 Å². The zero-order chi connectivity index (χ0) is 10.8. The molecule has 1 aromatic heterocycles. The maximum Gasteiger partial charge on any atom is 0.126 e. The molecular formula is C14H22O. The predicted octanol–water partition coefficient (Wildman–Crippen LogP) is 5.04. The number of furan rings is 1. The summed E-state index contributed by atoms with van der Waals surface area (Å²) in [4.78, 5) is 0. The molecule has 0 aliphatic heterocycles. The van der Waals surface area contributed by atoms with Crippen LogP contribution in [0.5, 0.6) is 0 Å². The summed E-state index contributed by atoms with van der Waals surface area (Å²) in [6, 6.07) is 3.90. The Morgan fingerprint density at radius 1 is 1.13 bits per heavy atom. The second kappa shape index (κ2) is 8.34. The third kappa shape index (κ3) is 6.16. The third-order valence-corrected chi connectivity index (χ3v) is 2.55. The molecule has 0 saturated heterocycles. The summed E-state index contributed by atoms with van der Waals surface area (Å²) in [5, 5.41) is 0. The molecule has 0 aliphatic rings. The number of hydrogen-bond acceptors (Lipinski definition) is 1. The zero-order valence-corrected chi connectivity index (χ0v) is 9.74. The van der Waals surface area contributed by atoms with Gasteiger partial charge in [0.1, 0.15) is 5.76 Å². The molecule has 1 nitrogen and oxygen atoms in total. The Kier molecular flexibility index (Phi) is 6.72. The summed E-state index contributed by atoms with van der Waals surface area (Å²) >= 11 is 0. The lowest BCUT2D eigenvalue weighted by atomic mass is 10.1. The lowest BCUT2D eigenvalue weighted by Crippen LogP contribution is -1.77. The minimum absolute atomic E-state index is 0.959. The van der Waals surface area contributed by atoms with Crippen LogP contribution in [0, 0.1) is 0 Å². The van der Waals surface area contributed by atoms with Crippen LogP contribution in [-0.2, 0) is 0 Å². The SMILES string of the molecule is CCCCCCCCC=Cc1ccco1. The van der Waals surface area contributed by atoms with Crippen molar-refractivity contribution in [1.29, 1.82) is 0 Å². The summed E-state index contributed by atoms with van der Waals surface area (Å²) in [6.07, 6.45) is 15.3. The third-order valence-electron chi connectivity index (χ3n) is 2.55. The van der Waals surface area contributed by atoms with Gasteiger partial charge in [-0.05, 0) is 31.1 Å². The van der Waals surface area contributed by atoms with Crippen LogP contribution in [0.4, 0.5) is 0 Å². The second-order valence-electron chi connectivity index (χ2n) is 3.97. The Labute approximate surface area is 93.2 Å². The molecule has 1 aromatic rings. The average Bonchev–Trinajstić information content (AvgIpc) is 2.75. The van der Waals surface area contributed by atoms with E-state index in [1.807, 2.05) is 12.1 Å². The van der Waals surface area contributed by atoms with E-state index in [1.165, 1.54) is 44.9 Å². The normalized spacial score (nSPS) is 11.3. The molecule has 0 aliphatic carbocycles. The van der Waals surface area contributed by atoms with Crippen molar-refractivity contribution in [3.05, 3.63) is 30.2 Å². The Bertz CT molecular complexity index is 246. The van der Waals surface area contributed by atoms with Gasteiger partial charge in [0.15, 0.2) is 0 Å². The monoisotopic (exact) mass is 206 g/mol. The molecule has 0 aromatic carbocycles. The molecule has 0 unspecified atom stereocenters. The Morgan fingerprint density at radius 3 is 2.67 bits per heavy atom. The van der Waals surface area contributed by atoms with E-state index in [4.69, 9.17) is 4.42 Å². The number of allylic oxidation sites excluding steroid dienone is 1. The van der Waals surface area contributed by atoms with Gasteiger partial charge in [-0.25, -0.2) is 0 Å². The molecule has 0 fully saturated rings. The van der Waals surface area contributed by atoms with Crippen LogP contribution in [0.3, 0.4) is 0 Å². The van der Waals surface area contributed by atoms with E-state index in [9.17, 15) is 0 Å². The molecule has 1 heteroatoms. The maximum absolute atomic E-state index is 5.21. The summed E-state index contributed by atoms with van der Waals surface area (Å²) in [6.45, 7) is 2.26. The van der Waals surface area contributed by atoms with E-state index < -0.39 is 0 Å². The van der Waals surface area contributed by atoms with Crippen LogP contribution in [-0.4, -0.2) is 0 Å². The smallest absolute Gasteiger partial charge is 0.126 e. The minimum Gasteiger partial charge on any atom is -0.465 e. The van der Waals surface area contributed by atoms with Gasteiger partial charge >= 0.3 is 0 Å². The van der Waals surface area contributed by atoms with Crippen LogP contribution >= 0.6 is 0 Å². The van der Waals surface area contributed by atoms with E-state index in [0.29, 0.717) is 0 Å². The maximum atomic E-state index is 5.21. The molecule has 0 spiro atoms. The first-order chi connectivity index (χ1) is 7.43. The fourth-order valence-corrected chi connectivity index (χ4v) is 1.63. The van der Waals surface area contributed by atoms with Gasteiger partial charge in [-0.1, -0.05) is 45.1 Å². The van der Waals surface area contributed by atoms with Crippen LogP contribution < -0.4 is 0 Å². The highest BCUT2D eigenvalue weighted by Gasteiger charge is 1.89. The minimum atomic E-state index is 0.959. The first-order valence-corrected chi connectivity index (χ1v) is 6.13. The van der Waals surface area contributed by atoms with E-state index in [-0.39, 0.29) is 0 Å². The van der Waals surface area contributed by atoms with E-state index in [0.717, 1.165) is 5.76 Å². The van der Waals surface area contributed by atoms with Gasteiger partial charge in [-0.2, -0.15) is 0 Å². The standard InChI is InChI=1S/C14H22O/c1-2-3-4-5-6-7-8-9-11-14-12-10-13-15-14/h9-13H,2-8H2,1H3. The van der Waals surface area contributed by atoms with Crippen molar-refractivity contribution in [2.75, 3.05) is 0 Å². The average molecular weight is 206 g/mol. The molecule has 0 atom stereocenters. The van der Waals surface area contributed by atoms with Gasteiger partial charge in [0.2, 0.25) is 0 Å². The van der Waals surface area contributed by atoms with Crippen LogP contribution in [0.15, 0.2) is 28.9 Å². The van der Waals surface area contributed by atoms with Gasteiger partial charge in [-0.15, -0.1) is 0 Å². The van der Waals surface area contributed by atoms with Crippen molar-refractivity contribution in [2.24, 2.45) is 0 Å². The first kappa shape index (κ1) is 12.1. The zero-order valence-electron chi connectivity index (χ0n) is 9.74. The van der Waals surface area contributed by atoms with Crippen LogP contribution in [0.1, 0.15) is 57.6 Å². The molecule has 0 saturated carbocycles. The fourth-order valence-electron chi connectivity index (χ4n) is 1.63. The summed E-state index contributed by atoms with van der Waals surface area (Å²) < 4.78 is 5.21. The summed E-state index contributed by atoms with van der Waals surface area (Å²) in [7, 11) is 0. The van der Waals surface area contributed by atoms with Crippen molar-refractivity contribution in [3.63, 3.8) is 0 Å². The van der Waals surface area contributed by atoms with Crippen LogP contribution in [0.2, 0.25) is 0 Å². The van der Waals surface area contributed by atoms with Gasteiger partial charge in [0, 0.05) is 0 Å². The van der Waals surface area contributed by atoms with E-state index >= 15 is 0 Å². The molecule has 84 valence electrons. The molecule has 1 rings (SSSR count). The molecule has 0 N–H and O–H groups in total. The van der Waals surface area contributed by atoms with E-state index in [2.05, 4.69) is 19.1 Å². The highest BCUT2D eigenvalue weighted by molar-refractivity contribution is 5.41. The van der Waals surface area contributed by atoms with Crippen molar-refractivity contribution in [1.82, 2.24) is 0 Å². The predicted molar refractivity (Wildman–Crippen MR) is 65.7 cm³/mol. The van der Waals surface area contributed by atoms with Crippen molar-refractivity contribution >= 4 is 6.08 Å². The highest BCUT2D eigenvalue weighted by Crippen LogP contribution is 2.09. The van der Waals surface area contributed by atoms with Gasteiger partial charge in [0.05, 0.1) is 6.26 Å². The lowest BCUT2D eigenvalue weighted by molar-refractivity contribution is 0.556. The van der Waals surface area contributed by atoms with Gasteiger partial charge in [-0.3, -0.25) is 0 Å². The lowest BCUT2D eigenvalue weighted by Gasteiger charge is -1.97. The number of unbranched alkanes of at least 4 members (excludes halogenated alkanes) is 6. The van der Waals surface area contributed by atoms with E-state index in [1.54, 1.807) is 6.26 Å². The first-order valence-electron chi connectivity index (χ1n) is 6.13. The second-order valence-corrected chi connectivity index (χ2v) is 3.97. The van der Waals surface area contributed by atoms with Gasteiger partial charge in [0.25, 0.3) is 0 Å². The highest BCUT2D eigenvalue weighted by atomic mass is 16.3. The fraction of sp³-hybridized carbons (Fsp3) is 0.571. The summed E-state index contributed by atoms with van der Waals surface area (Å²) in [5.74, 6) is 0.959. The van der Waals surface area contributed by atoms with Gasteiger partial charge < -0.3 is 4.42 Å². The molecule has 0 bridgehead atoms.